The van der Waals surface area contributed by atoms with Crippen LogP contribution in [0.2, 0.25) is 0 Å². The summed E-state index contributed by atoms with van der Waals surface area (Å²) in [5.74, 6) is 0.194. The molecule has 0 spiro atoms. The first-order chi connectivity index (χ1) is 13.1. The zero-order valence-electron chi connectivity index (χ0n) is 14.7. The molecule has 0 bridgehead atoms. The van der Waals surface area contributed by atoms with E-state index in [-0.39, 0.29) is 24.8 Å². The van der Waals surface area contributed by atoms with Crippen molar-refractivity contribution in [1.82, 2.24) is 20.1 Å². The number of amides is 1. The van der Waals surface area contributed by atoms with Gasteiger partial charge in [0.25, 0.3) is 5.91 Å². The van der Waals surface area contributed by atoms with Crippen molar-refractivity contribution in [3.05, 3.63) is 60.2 Å². The van der Waals surface area contributed by atoms with E-state index in [0.717, 1.165) is 0 Å². The van der Waals surface area contributed by atoms with E-state index < -0.39 is 5.91 Å². The molecule has 0 aliphatic carbocycles. The number of halogens is 1. The number of benzene rings is 2. The predicted molar refractivity (Wildman–Crippen MR) is 97.3 cm³/mol. The van der Waals surface area contributed by atoms with Crippen LogP contribution < -0.4 is 10.1 Å². The summed E-state index contributed by atoms with van der Waals surface area (Å²) in [6.07, 6.45) is 0. The number of hydrogen-bond acceptors (Lipinski definition) is 5. The number of aromatic nitrogens is 3. The Labute approximate surface area is 155 Å². The molecule has 0 aliphatic heterocycles. The highest BCUT2D eigenvalue weighted by Gasteiger charge is 2.18. The average Bonchev–Trinajstić information content (AvgIpc) is 3.13. The monoisotopic (exact) mass is 370 g/mol. The summed E-state index contributed by atoms with van der Waals surface area (Å²) in [7, 11) is 0. The van der Waals surface area contributed by atoms with Crippen LogP contribution in [0.1, 0.15) is 17.5 Å². The van der Waals surface area contributed by atoms with Crippen LogP contribution in [0.15, 0.2) is 48.5 Å². The minimum Gasteiger partial charge on any atom is -0.494 e. The molecule has 3 aromatic rings. The normalized spacial score (nSPS) is 10.6. The van der Waals surface area contributed by atoms with E-state index in [1.54, 1.807) is 36.4 Å². The van der Waals surface area contributed by atoms with Crippen molar-refractivity contribution in [2.75, 3.05) is 19.8 Å². The maximum absolute atomic E-state index is 13.3. The van der Waals surface area contributed by atoms with Crippen molar-refractivity contribution in [1.29, 1.82) is 0 Å². The predicted octanol–water partition coefficient (Wildman–Crippen LogP) is 2.19. The second-order valence-electron chi connectivity index (χ2n) is 5.58. The van der Waals surface area contributed by atoms with Crippen LogP contribution in [-0.4, -0.2) is 45.5 Å². The second kappa shape index (κ2) is 8.41. The minimum atomic E-state index is -0.503. The smallest absolute Gasteiger partial charge is 0.291 e. The molecule has 2 N–H and O–H groups in total. The lowest BCUT2D eigenvalue weighted by atomic mass is 10.2. The Bertz CT molecular complexity index is 908. The zero-order chi connectivity index (χ0) is 19.2. The molecule has 8 heteroatoms. The molecular formula is C19H19FN4O3. The summed E-state index contributed by atoms with van der Waals surface area (Å²) in [5.41, 5.74) is 1.28. The fraction of sp³-hybridized carbons (Fsp3) is 0.211. The molecule has 0 saturated heterocycles. The maximum atomic E-state index is 13.3. The highest BCUT2D eigenvalue weighted by molar-refractivity contribution is 5.91. The lowest BCUT2D eigenvalue weighted by Gasteiger charge is -2.07. The van der Waals surface area contributed by atoms with Gasteiger partial charge in [0, 0.05) is 12.1 Å². The number of rotatable bonds is 7. The third-order valence-electron chi connectivity index (χ3n) is 3.70. The van der Waals surface area contributed by atoms with Gasteiger partial charge < -0.3 is 15.2 Å². The number of carbonyl (C=O) groups is 1. The van der Waals surface area contributed by atoms with E-state index >= 15 is 0 Å². The van der Waals surface area contributed by atoms with E-state index in [1.807, 2.05) is 6.92 Å². The summed E-state index contributed by atoms with van der Waals surface area (Å²) in [6.45, 7) is 2.37. The molecule has 27 heavy (non-hydrogen) atoms. The van der Waals surface area contributed by atoms with E-state index in [2.05, 4.69) is 15.4 Å². The van der Waals surface area contributed by atoms with Crippen molar-refractivity contribution in [3.63, 3.8) is 0 Å². The quantitative estimate of drug-likeness (QED) is 0.666. The molecule has 7 nitrogen and oxygen atoms in total. The number of nitrogens with one attached hydrogen (secondary N) is 1. The molecule has 0 fully saturated rings. The van der Waals surface area contributed by atoms with Crippen LogP contribution >= 0.6 is 0 Å². The van der Waals surface area contributed by atoms with Gasteiger partial charge in [0.1, 0.15) is 11.6 Å². The first-order valence-electron chi connectivity index (χ1n) is 8.47. The number of ether oxygens (including phenoxy) is 1. The summed E-state index contributed by atoms with van der Waals surface area (Å²) < 4.78 is 20.2. The molecule has 1 aromatic heterocycles. The van der Waals surface area contributed by atoms with Gasteiger partial charge in [-0.05, 0) is 55.5 Å². The third-order valence-corrected chi connectivity index (χ3v) is 3.70. The molecule has 140 valence electrons. The SMILES string of the molecule is CCOc1ccc(-n2nc(C(=O)NCCO)nc2-c2ccc(F)cc2)cc1. The Morgan fingerprint density at radius 2 is 1.89 bits per heavy atom. The van der Waals surface area contributed by atoms with Gasteiger partial charge >= 0.3 is 0 Å². The van der Waals surface area contributed by atoms with Gasteiger partial charge in [-0.1, -0.05) is 0 Å². The summed E-state index contributed by atoms with van der Waals surface area (Å²) in [4.78, 5) is 16.5. The number of hydrogen-bond donors (Lipinski definition) is 2. The van der Waals surface area contributed by atoms with Crippen molar-refractivity contribution in [2.24, 2.45) is 0 Å². The van der Waals surface area contributed by atoms with Gasteiger partial charge in [-0.2, -0.15) is 0 Å². The van der Waals surface area contributed by atoms with Crippen molar-refractivity contribution in [3.8, 4) is 22.8 Å². The summed E-state index contributed by atoms with van der Waals surface area (Å²) in [5, 5.41) is 15.7. The molecular weight excluding hydrogens is 351 g/mol. The fourth-order valence-corrected chi connectivity index (χ4v) is 2.47. The first kappa shape index (κ1) is 18.5. The van der Waals surface area contributed by atoms with Crippen LogP contribution in [0.4, 0.5) is 4.39 Å². The molecule has 1 heterocycles. The second-order valence-corrected chi connectivity index (χ2v) is 5.58. The molecule has 0 unspecified atom stereocenters. The highest BCUT2D eigenvalue weighted by atomic mass is 19.1. The van der Waals surface area contributed by atoms with Crippen LogP contribution in [0.25, 0.3) is 17.1 Å². The molecule has 0 saturated carbocycles. The molecule has 0 radical (unpaired) electrons. The lowest BCUT2D eigenvalue weighted by molar-refractivity contribution is 0.0934. The fourth-order valence-electron chi connectivity index (χ4n) is 2.47. The van der Waals surface area contributed by atoms with Gasteiger partial charge in [0.2, 0.25) is 5.82 Å². The van der Waals surface area contributed by atoms with Crippen molar-refractivity contribution >= 4 is 5.91 Å². The third kappa shape index (κ3) is 4.29. The Kier molecular flexibility index (Phi) is 5.77. The Balaban J connectivity index is 2.02. The minimum absolute atomic E-state index is 0.0448. The Morgan fingerprint density at radius 3 is 2.52 bits per heavy atom. The van der Waals surface area contributed by atoms with Gasteiger partial charge in [0.05, 0.1) is 18.9 Å². The molecule has 2 aromatic carbocycles. The average molecular weight is 370 g/mol. The van der Waals surface area contributed by atoms with E-state index in [0.29, 0.717) is 29.4 Å². The van der Waals surface area contributed by atoms with Crippen molar-refractivity contribution < 1.29 is 19.0 Å². The maximum Gasteiger partial charge on any atom is 0.291 e. The number of aliphatic hydroxyl groups is 1. The van der Waals surface area contributed by atoms with Crippen LogP contribution in [0.3, 0.4) is 0 Å². The van der Waals surface area contributed by atoms with Gasteiger partial charge in [-0.25, -0.2) is 14.1 Å². The highest BCUT2D eigenvalue weighted by Crippen LogP contribution is 2.23. The number of aliphatic hydroxyl groups excluding tert-OH is 1. The van der Waals surface area contributed by atoms with Gasteiger partial charge in [-0.3, -0.25) is 4.79 Å². The van der Waals surface area contributed by atoms with E-state index in [4.69, 9.17) is 9.84 Å². The standard InChI is InChI=1S/C19H19FN4O3/c1-2-27-16-9-7-15(8-10-16)24-18(13-3-5-14(20)6-4-13)22-17(23-24)19(26)21-11-12-25/h3-10,25H,2,11-12H2,1H3,(H,21,26). The van der Waals surface area contributed by atoms with E-state index in [1.165, 1.54) is 16.8 Å². The largest absolute Gasteiger partial charge is 0.494 e. The summed E-state index contributed by atoms with van der Waals surface area (Å²) >= 11 is 0. The molecule has 3 rings (SSSR count). The molecule has 0 atom stereocenters. The Morgan fingerprint density at radius 1 is 1.19 bits per heavy atom. The van der Waals surface area contributed by atoms with Gasteiger partial charge in [0.15, 0.2) is 5.82 Å². The van der Waals surface area contributed by atoms with E-state index in [9.17, 15) is 9.18 Å². The topological polar surface area (TPSA) is 89.3 Å². The lowest BCUT2D eigenvalue weighted by Crippen LogP contribution is -2.27. The molecule has 1 amide bonds. The number of nitrogens with zero attached hydrogens (tertiary/aromatic N) is 3. The first-order valence-corrected chi connectivity index (χ1v) is 8.47. The van der Waals surface area contributed by atoms with Crippen molar-refractivity contribution in [2.45, 2.75) is 6.92 Å². The van der Waals surface area contributed by atoms with Crippen LogP contribution in [0, 0.1) is 5.82 Å². The zero-order valence-corrected chi connectivity index (χ0v) is 14.7. The van der Waals surface area contributed by atoms with Gasteiger partial charge in [-0.15, -0.1) is 5.10 Å². The molecule has 0 aliphatic rings. The Hall–Kier alpha value is -3.26. The number of carbonyl (C=O) groups excluding carboxylic acids is 1. The van der Waals surface area contributed by atoms with Crippen LogP contribution in [0.5, 0.6) is 5.75 Å². The summed E-state index contributed by atoms with van der Waals surface area (Å²) in [6, 6.07) is 12.9. The van der Waals surface area contributed by atoms with Crippen LogP contribution in [-0.2, 0) is 0 Å².